The highest BCUT2D eigenvalue weighted by Crippen LogP contribution is 2.60. The second-order valence-electron chi connectivity index (χ2n) is 7.94. The molecule has 6 atom stereocenters. The largest absolute Gasteiger partial charge is 0.479 e. The van der Waals surface area contributed by atoms with Gasteiger partial charge in [0.2, 0.25) is 11.6 Å². The van der Waals surface area contributed by atoms with Crippen LogP contribution in [0.1, 0.15) is 27.2 Å². The predicted molar refractivity (Wildman–Crippen MR) is 88.5 cm³/mol. The molecule has 7 nitrogen and oxygen atoms in total. The van der Waals surface area contributed by atoms with E-state index in [1.807, 2.05) is 0 Å². The van der Waals surface area contributed by atoms with Gasteiger partial charge in [-0.25, -0.2) is 0 Å². The van der Waals surface area contributed by atoms with Gasteiger partial charge in [-0.1, -0.05) is 6.58 Å². The molecule has 140 valence electrons. The maximum absolute atomic E-state index is 12.8. The fourth-order valence-corrected chi connectivity index (χ4v) is 4.69. The molecular formula is C19H22O7. The van der Waals surface area contributed by atoms with Crippen molar-refractivity contribution in [2.75, 3.05) is 6.61 Å². The maximum Gasteiger partial charge on any atom is 0.318 e. The fraction of sp³-hybridized carbons (Fsp3) is 0.579. The van der Waals surface area contributed by atoms with E-state index in [1.165, 1.54) is 6.08 Å². The standard InChI is InChI=1S/C19H22O7/c1-9(2)19(23)18(4)15-12(24-16(18)22)5-10(8-20)11-6-14(21)17(3,25-11)7-13(15)26-19/h5-6,12-13,15,20,23H,1,7-8H2,2-4H3. The first-order valence-electron chi connectivity index (χ1n) is 8.61. The third kappa shape index (κ3) is 1.88. The van der Waals surface area contributed by atoms with Gasteiger partial charge in [0.25, 0.3) is 0 Å². The first-order valence-corrected chi connectivity index (χ1v) is 8.61. The van der Waals surface area contributed by atoms with Crippen LogP contribution in [0.3, 0.4) is 0 Å². The molecule has 0 amide bonds. The Kier molecular flexibility index (Phi) is 3.40. The summed E-state index contributed by atoms with van der Waals surface area (Å²) in [5.74, 6) is -3.01. The number of rotatable bonds is 2. The Balaban J connectivity index is 1.91. The molecule has 7 heteroatoms. The third-order valence-corrected chi connectivity index (χ3v) is 6.25. The Morgan fingerprint density at radius 1 is 1.38 bits per heavy atom. The molecule has 0 spiro atoms. The molecule has 6 unspecified atom stereocenters. The molecule has 0 aromatic heterocycles. The number of ether oxygens (including phenoxy) is 3. The summed E-state index contributed by atoms with van der Waals surface area (Å²) in [7, 11) is 0. The molecule has 2 fully saturated rings. The van der Waals surface area contributed by atoms with Crippen LogP contribution in [0.4, 0.5) is 0 Å². The van der Waals surface area contributed by atoms with E-state index in [9.17, 15) is 19.8 Å². The van der Waals surface area contributed by atoms with Crippen molar-refractivity contribution in [3.8, 4) is 0 Å². The smallest absolute Gasteiger partial charge is 0.318 e. The van der Waals surface area contributed by atoms with Crippen LogP contribution in [0.5, 0.6) is 0 Å². The zero-order valence-corrected chi connectivity index (χ0v) is 14.9. The van der Waals surface area contributed by atoms with Crippen molar-refractivity contribution in [2.24, 2.45) is 11.3 Å². The van der Waals surface area contributed by atoms with Gasteiger partial charge in [0.1, 0.15) is 17.3 Å². The van der Waals surface area contributed by atoms with Gasteiger partial charge in [-0.05, 0) is 32.4 Å². The lowest BCUT2D eigenvalue weighted by Crippen LogP contribution is -2.49. The minimum Gasteiger partial charge on any atom is -0.479 e. The van der Waals surface area contributed by atoms with E-state index >= 15 is 0 Å². The van der Waals surface area contributed by atoms with Crippen LogP contribution in [0.15, 0.2) is 35.6 Å². The Morgan fingerprint density at radius 2 is 2.08 bits per heavy atom. The summed E-state index contributed by atoms with van der Waals surface area (Å²) < 4.78 is 17.4. The predicted octanol–water partition coefficient (Wildman–Crippen LogP) is 0.762. The summed E-state index contributed by atoms with van der Waals surface area (Å²) in [6.07, 6.45) is 1.69. The number of carbonyl (C=O) groups is 2. The third-order valence-electron chi connectivity index (χ3n) is 6.25. The molecule has 4 heterocycles. The van der Waals surface area contributed by atoms with Crippen LogP contribution in [-0.2, 0) is 23.8 Å². The molecule has 2 saturated heterocycles. The molecule has 2 bridgehead atoms. The van der Waals surface area contributed by atoms with Crippen LogP contribution in [0.25, 0.3) is 0 Å². The Bertz CT molecular complexity index is 796. The lowest BCUT2D eigenvalue weighted by Gasteiger charge is -2.34. The molecule has 4 aliphatic heterocycles. The number of ketones is 1. The van der Waals surface area contributed by atoms with E-state index in [4.69, 9.17) is 14.2 Å². The highest BCUT2D eigenvalue weighted by Gasteiger charge is 2.74. The van der Waals surface area contributed by atoms with Gasteiger partial charge in [0.15, 0.2) is 5.60 Å². The van der Waals surface area contributed by atoms with Crippen molar-refractivity contribution in [3.63, 3.8) is 0 Å². The number of esters is 1. The highest BCUT2D eigenvalue weighted by molar-refractivity contribution is 6.00. The highest BCUT2D eigenvalue weighted by atomic mass is 16.7. The number of fused-ring (bicyclic) bond motifs is 2. The van der Waals surface area contributed by atoms with Gasteiger partial charge in [-0.3, -0.25) is 9.59 Å². The second kappa shape index (κ2) is 5.06. The maximum atomic E-state index is 12.8. The Morgan fingerprint density at radius 3 is 2.69 bits per heavy atom. The molecule has 0 aromatic carbocycles. The SMILES string of the molecule is C=C(C)C1(O)OC2CC3(C)OC(=CC3=O)C(CO)=CC3OC(=O)C1(C)C32. The monoisotopic (exact) mass is 362 g/mol. The van der Waals surface area contributed by atoms with E-state index in [0.717, 1.165) is 0 Å². The van der Waals surface area contributed by atoms with Crippen molar-refractivity contribution in [2.45, 2.75) is 50.8 Å². The van der Waals surface area contributed by atoms with Gasteiger partial charge in [-0.15, -0.1) is 0 Å². The lowest BCUT2D eigenvalue weighted by atomic mass is 9.67. The number of hydrogen-bond acceptors (Lipinski definition) is 7. The zero-order chi connectivity index (χ0) is 19.1. The molecule has 26 heavy (non-hydrogen) atoms. The average molecular weight is 362 g/mol. The number of carbonyl (C=O) groups excluding carboxylic acids is 2. The van der Waals surface area contributed by atoms with E-state index in [2.05, 4.69) is 6.58 Å². The average Bonchev–Trinajstić information content (AvgIpc) is 3.08. The molecule has 4 rings (SSSR count). The molecular weight excluding hydrogens is 340 g/mol. The summed E-state index contributed by atoms with van der Waals surface area (Å²) in [5.41, 5.74) is -1.91. The molecule has 2 N–H and O–H groups in total. The van der Waals surface area contributed by atoms with Gasteiger partial charge in [-0.2, -0.15) is 0 Å². The van der Waals surface area contributed by atoms with Gasteiger partial charge in [0, 0.05) is 24.0 Å². The first-order chi connectivity index (χ1) is 12.1. The summed E-state index contributed by atoms with van der Waals surface area (Å²) in [6, 6.07) is 0. The van der Waals surface area contributed by atoms with Crippen LogP contribution >= 0.6 is 0 Å². The van der Waals surface area contributed by atoms with Crippen LogP contribution in [0, 0.1) is 11.3 Å². The van der Waals surface area contributed by atoms with Crippen molar-refractivity contribution in [1.82, 2.24) is 0 Å². The molecule has 0 radical (unpaired) electrons. The quantitative estimate of drug-likeness (QED) is 0.552. The Hall–Kier alpha value is -1.96. The number of aliphatic hydroxyl groups is 2. The van der Waals surface area contributed by atoms with Crippen LogP contribution < -0.4 is 0 Å². The summed E-state index contributed by atoms with van der Waals surface area (Å²) >= 11 is 0. The summed E-state index contributed by atoms with van der Waals surface area (Å²) in [6.45, 7) is 8.25. The van der Waals surface area contributed by atoms with Crippen molar-refractivity contribution < 1.29 is 34.0 Å². The molecule has 0 aromatic rings. The molecule has 0 saturated carbocycles. The Labute approximate surface area is 150 Å². The van der Waals surface area contributed by atoms with Gasteiger partial charge < -0.3 is 24.4 Å². The first kappa shape index (κ1) is 17.5. The summed E-state index contributed by atoms with van der Waals surface area (Å²) in [4.78, 5) is 25.3. The minimum atomic E-state index is -1.91. The number of hydrogen-bond donors (Lipinski definition) is 2. The minimum absolute atomic E-state index is 0.140. The lowest BCUT2D eigenvalue weighted by molar-refractivity contribution is -0.219. The molecule has 0 aliphatic carbocycles. The molecule has 4 aliphatic rings. The van der Waals surface area contributed by atoms with Gasteiger partial charge >= 0.3 is 5.97 Å². The van der Waals surface area contributed by atoms with Crippen molar-refractivity contribution in [1.29, 1.82) is 0 Å². The van der Waals surface area contributed by atoms with Crippen molar-refractivity contribution >= 4 is 11.8 Å². The summed E-state index contributed by atoms with van der Waals surface area (Å²) in [5, 5.41) is 20.9. The fourth-order valence-electron chi connectivity index (χ4n) is 4.69. The second-order valence-corrected chi connectivity index (χ2v) is 7.94. The van der Waals surface area contributed by atoms with Crippen LogP contribution in [0.2, 0.25) is 0 Å². The topological polar surface area (TPSA) is 102 Å². The van der Waals surface area contributed by atoms with Crippen molar-refractivity contribution in [3.05, 3.63) is 35.6 Å². The van der Waals surface area contributed by atoms with E-state index in [0.29, 0.717) is 5.57 Å². The van der Waals surface area contributed by atoms with E-state index < -0.39 is 40.9 Å². The van der Waals surface area contributed by atoms with E-state index in [1.54, 1.807) is 26.8 Å². The normalized spacial score (nSPS) is 46.4. The number of aliphatic hydroxyl groups excluding tert-OH is 1. The van der Waals surface area contributed by atoms with Gasteiger partial charge in [0.05, 0.1) is 12.7 Å². The zero-order valence-electron chi connectivity index (χ0n) is 14.9. The van der Waals surface area contributed by atoms with E-state index in [-0.39, 0.29) is 30.1 Å². The van der Waals surface area contributed by atoms with Crippen LogP contribution in [-0.4, -0.2) is 52.2 Å².